The zero-order chi connectivity index (χ0) is 21.5. The third-order valence-corrected chi connectivity index (χ3v) is 5.00. The van der Waals surface area contributed by atoms with Crippen molar-refractivity contribution in [1.82, 2.24) is 30.6 Å². The largest absolute Gasteiger partial charge is 0.365 e. The lowest BCUT2D eigenvalue weighted by Crippen LogP contribution is -2.08. The lowest BCUT2D eigenvalue weighted by molar-refractivity contribution is 0.112. The molecule has 31 heavy (non-hydrogen) atoms. The lowest BCUT2D eigenvalue weighted by Gasteiger charge is -2.11. The van der Waals surface area contributed by atoms with Gasteiger partial charge in [0, 0.05) is 24.7 Å². The Labute approximate surface area is 180 Å². The standard InChI is InChI=1S/C23H23N7O/c1-2-3-8-21-24-14-18(15-31)22(26-21)25-13-16-9-11-17(12-10-16)19-6-4-5-7-20(19)23-27-29-30-28-23/h4-7,9-12,14-15H,2-3,8,13H2,1H3,(H,24,25,26)(H,27,28,29,30). The quantitative estimate of drug-likeness (QED) is 0.398. The van der Waals surface area contributed by atoms with Crippen LogP contribution in [0.2, 0.25) is 0 Å². The Morgan fingerprint density at radius 1 is 1.06 bits per heavy atom. The zero-order valence-corrected chi connectivity index (χ0v) is 17.2. The van der Waals surface area contributed by atoms with Gasteiger partial charge in [0.1, 0.15) is 11.6 Å². The highest BCUT2D eigenvalue weighted by atomic mass is 16.1. The van der Waals surface area contributed by atoms with E-state index in [2.05, 4.69) is 67.1 Å². The van der Waals surface area contributed by atoms with Crippen molar-refractivity contribution in [3.63, 3.8) is 0 Å². The third kappa shape index (κ3) is 4.80. The number of benzene rings is 2. The predicted octanol–water partition coefficient (Wildman–Crippen LogP) is 4.09. The summed E-state index contributed by atoms with van der Waals surface area (Å²) in [6.07, 6.45) is 5.27. The van der Waals surface area contributed by atoms with Crippen LogP contribution in [0.5, 0.6) is 0 Å². The number of rotatable bonds is 9. The van der Waals surface area contributed by atoms with Gasteiger partial charge in [0.15, 0.2) is 12.1 Å². The van der Waals surface area contributed by atoms with Gasteiger partial charge in [-0.05, 0) is 33.5 Å². The highest BCUT2D eigenvalue weighted by Gasteiger charge is 2.10. The molecule has 2 N–H and O–H groups in total. The van der Waals surface area contributed by atoms with E-state index in [-0.39, 0.29) is 0 Å². The molecule has 2 aromatic carbocycles. The van der Waals surface area contributed by atoms with Gasteiger partial charge in [0.25, 0.3) is 0 Å². The molecule has 4 aromatic rings. The van der Waals surface area contributed by atoms with Crippen LogP contribution in [-0.4, -0.2) is 36.9 Å². The second-order valence-corrected chi connectivity index (χ2v) is 7.16. The number of unbranched alkanes of at least 4 members (excludes halogenated alkanes) is 1. The van der Waals surface area contributed by atoms with Crippen LogP contribution >= 0.6 is 0 Å². The molecule has 4 rings (SSSR count). The van der Waals surface area contributed by atoms with Gasteiger partial charge in [-0.3, -0.25) is 4.79 Å². The summed E-state index contributed by atoms with van der Waals surface area (Å²) in [6, 6.07) is 16.2. The first-order valence-corrected chi connectivity index (χ1v) is 10.3. The highest BCUT2D eigenvalue weighted by molar-refractivity contribution is 5.82. The van der Waals surface area contributed by atoms with Crippen LogP contribution in [-0.2, 0) is 13.0 Å². The second-order valence-electron chi connectivity index (χ2n) is 7.16. The Morgan fingerprint density at radius 2 is 1.87 bits per heavy atom. The maximum Gasteiger partial charge on any atom is 0.180 e. The van der Waals surface area contributed by atoms with E-state index in [1.165, 1.54) is 0 Å². The van der Waals surface area contributed by atoms with Gasteiger partial charge in [-0.15, -0.1) is 5.10 Å². The Balaban J connectivity index is 1.50. The molecule has 0 atom stereocenters. The number of hydrogen-bond acceptors (Lipinski definition) is 7. The first kappa shape index (κ1) is 20.3. The van der Waals surface area contributed by atoms with Crippen LogP contribution in [0.4, 0.5) is 5.82 Å². The molecule has 8 nitrogen and oxygen atoms in total. The van der Waals surface area contributed by atoms with Gasteiger partial charge < -0.3 is 5.32 Å². The summed E-state index contributed by atoms with van der Waals surface area (Å²) in [5.41, 5.74) is 4.59. The van der Waals surface area contributed by atoms with Crippen molar-refractivity contribution in [3.8, 4) is 22.5 Å². The summed E-state index contributed by atoms with van der Waals surface area (Å²) in [7, 11) is 0. The minimum Gasteiger partial charge on any atom is -0.365 e. The second kappa shape index (κ2) is 9.71. The van der Waals surface area contributed by atoms with Crippen LogP contribution in [0.1, 0.15) is 41.5 Å². The maximum absolute atomic E-state index is 11.4. The van der Waals surface area contributed by atoms with E-state index in [1.807, 2.05) is 24.3 Å². The third-order valence-electron chi connectivity index (χ3n) is 5.00. The number of aromatic nitrogens is 6. The van der Waals surface area contributed by atoms with Crippen LogP contribution in [0.15, 0.2) is 54.7 Å². The fourth-order valence-electron chi connectivity index (χ4n) is 3.31. The van der Waals surface area contributed by atoms with Crippen LogP contribution in [0.25, 0.3) is 22.5 Å². The number of hydrogen-bond donors (Lipinski definition) is 2. The van der Waals surface area contributed by atoms with Crippen molar-refractivity contribution in [2.45, 2.75) is 32.7 Å². The molecule has 0 aliphatic carbocycles. The molecule has 8 heteroatoms. The maximum atomic E-state index is 11.4. The van der Waals surface area contributed by atoms with E-state index in [4.69, 9.17) is 0 Å². The first-order valence-electron chi connectivity index (χ1n) is 10.3. The molecule has 0 aliphatic heterocycles. The minimum atomic E-state index is 0.464. The molecule has 0 amide bonds. The summed E-state index contributed by atoms with van der Waals surface area (Å²) in [4.78, 5) is 20.2. The van der Waals surface area contributed by atoms with Gasteiger partial charge in [-0.25, -0.2) is 15.1 Å². The molecule has 0 unspecified atom stereocenters. The first-order chi connectivity index (χ1) is 15.3. The lowest BCUT2D eigenvalue weighted by atomic mass is 9.98. The van der Waals surface area contributed by atoms with Crippen LogP contribution in [0, 0.1) is 0 Å². The van der Waals surface area contributed by atoms with Gasteiger partial charge >= 0.3 is 0 Å². The summed E-state index contributed by atoms with van der Waals surface area (Å²) >= 11 is 0. The molecule has 0 bridgehead atoms. The number of aryl methyl sites for hydroxylation is 1. The normalized spacial score (nSPS) is 10.7. The van der Waals surface area contributed by atoms with Gasteiger partial charge in [0.2, 0.25) is 0 Å². The molecule has 0 spiro atoms. The average molecular weight is 413 g/mol. The summed E-state index contributed by atoms with van der Waals surface area (Å²) in [5, 5.41) is 17.5. The Hall–Kier alpha value is -3.94. The van der Waals surface area contributed by atoms with Crippen molar-refractivity contribution in [3.05, 3.63) is 71.7 Å². The SMILES string of the molecule is CCCCc1ncc(C=O)c(NCc2ccc(-c3ccccc3-c3nnn[nH]3)cc2)n1. The van der Waals surface area contributed by atoms with E-state index in [1.54, 1.807) is 6.20 Å². The molecule has 2 heterocycles. The van der Waals surface area contributed by atoms with Crippen molar-refractivity contribution >= 4 is 12.1 Å². The molecule has 0 saturated heterocycles. The molecule has 0 aliphatic rings. The van der Waals surface area contributed by atoms with Crippen molar-refractivity contribution < 1.29 is 4.79 Å². The van der Waals surface area contributed by atoms with Gasteiger partial charge in [0.05, 0.1) is 5.56 Å². The van der Waals surface area contributed by atoms with E-state index in [0.29, 0.717) is 23.8 Å². The molecule has 156 valence electrons. The Kier molecular flexibility index (Phi) is 6.37. The molecular formula is C23H23N7O. The van der Waals surface area contributed by atoms with E-state index >= 15 is 0 Å². The number of H-pyrrole nitrogens is 1. The van der Waals surface area contributed by atoms with Gasteiger partial charge in [-0.2, -0.15) is 0 Å². The topological polar surface area (TPSA) is 109 Å². The smallest absolute Gasteiger partial charge is 0.180 e. The molecule has 0 fully saturated rings. The molecule has 0 saturated carbocycles. The fourth-order valence-corrected chi connectivity index (χ4v) is 3.31. The Morgan fingerprint density at radius 3 is 2.58 bits per heavy atom. The molecule has 2 aromatic heterocycles. The average Bonchev–Trinajstić information content (AvgIpc) is 3.37. The van der Waals surface area contributed by atoms with Gasteiger partial charge in [-0.1, -0.05) is 61.9 Å². The zero-order valence-electron chi connectivity index (χ0n) is 17.2. The summed E-state index contributed by atoms with van der Waals surface area (Å²) < 4.78 is 0. The number of tetrazole rings is 1. The molecule has 0 radical (unpaired) electrons. The van der Waals surface area contributed by atoms with Crippen LogP contribution in [0.3, 0.4) is 0 Å². The monoisotopic (exact) mass is 413 g/mol. The summed E-state index contributed by atoms with van der Waals surface area (Å²) in [6.45, 7) is 2.68. The van der Waals surface area contributed by atoms with Crippen molar-refractivity contribution in [1.29, 1.82) is 0 Å². The highest BCUT2D eigenvalue weighted by Crippen LogP contribution is 2.29. The fraction of sp³-hybridized carbons (Fsp3) is 0.217. The summed E-state index contributed by atoms with van der Waals surface area (Å²) in [5.74, 6) is 1.96. The number of aldehydes is 1. The van der Waals surface area contributed by atoms with E-state index in [0.717, 1.165) is 53.6 Å². The number of aromatic amines is 1. The van der Waals surface area contributed by atoms with Crippen LogP contribution < -0.4 is 5.32 Å². The number of carbonyl (C=O) groups excluding carboxylic acids is 1. The predicted molar refractivity (Wildman–Crippen MR) is 118 cm³/mol. The minimum absolute atomic E-state index is 0.464. The van der Waals surface area contributed by atoms with E-state index in [9.17, 15) is 4.79 Å². The number of anilines is 1. The van der Waals surface area contributed by atoms with E-state index < -0.39 is 0 Å². The number of carbonyl (C=O) groups is 1. The molecular weight excluding hydrogens is 390 g/mol. The number of nitrogens with one attached hydrogen (secondary N) is 2. The van der Waals surface area contributed by atoms with Crippen molar-refractivity contribution in [2.24, 2.45) is 0 Å². The van der Waals surface area contributed by atoms with Crippen molar-refractivity contribution in [2.75, 3.05) is 5.32 Å². The Bertz CT molecular complexity index is 1140. The number of nitrogens with zero attached hydrogens (tertiary/aromatic N) is 5.